The molecule has 1 aliphatic rings. The molecule has 0 aliphatic carbocycles. The first-order valence-electron chi connectivity index (χ1n) is 11.9. The fraction of sp³-hybridized carbons (Fsp3) is 0.407. The van der Waals surface area contributed by atoms with E-state index in [0.29, 0.717) is 37.6 Å². The zero-order chi connectivity index (χ0) is 25.1. The standard InChI is InChI=1S/C27H36N4O4/c1-4-16-27(26(33)30-28-17-8-18-31(2)3)24(21-10-6-5-7-11-21)35-25(29-27)22-12-14-23(15-13-22)34-20-9-19-32/h4-7,10-15,24,28,32H,1,8-9,16-20H2,2-3H3,(H,30,33)/t24-,27-/m0/s1. The van der Waals surface area contributed by atoms with E-state index in [9.17, 15) is 4.79 Å². The summed E-state index contributed by atoms with van der Waals surface area (Å²) in [7, 11) is 4.03. The molecule has 35 heavy (non-hydrogen) atoms. The maximum absolute atomic E-state index is 13.6. The second-order valence-corrected chi connectivity index (χ2v) is 8.73. The summed E-state index contributed by atoms with van der Waals surface area (Å²) in [5.41, 5.74) is 6.29. The lowest BCUT2D eigenvalue weighted by Gasteiger charge is -2.29. The van der Waals surface area contributed by atoms with Crippen LogP contribution in [0.25, 0.3) is 0 Å². The molecule has 3 rings (SSSR count). The number of aliphatic imine (C=N–C) groups is 1. The van der Waals surface area contributed by atoms with Crippen molar-refractivity contribution in [2.75, 3.05) is 40.4 Å². The quantitative estimate of drug-likeness (QED) is 0.219. The van der Waals surface area contributed by atoms with Gasteiger partial charge in [0.1, 0.15) is 5.75 Å². The minimum absolute atomic E-state index is 0.0849. The van der Waals surface area contributed by atoms with E-state index in [2.05, 4.69) is 22.3 Å². The Morgan fingerprint density at radius 3 is 2.60 bits per heavy atom. The van der Waals surface area contributed by atoms with Gasteiger partial charge >= 0.3 is 0 Å². The van der Waals surface area contributed by atoms with Crippen LogP contribution in [0.5, 0.6) is 5.75 Å². The number of hydrogen-bond donors (Lipinski definition) is 3. The molecule has 2 aromatic carbocycles. The van der Waals surface area contributed by atoms with Gasteiger partial charge in [0.05, 0.1) is 6.61 Å². The Labute approximate surface area is 207 Å². The summed E-state index contributed by atoms with van der Waals surface area (Å²) in [4.78, 5) is 20.5. The molecule has 1 amide bonds. The van der Waals surface area contributed by atoms with Crippen molar-refractivity contribution in [3.63, 3.8) is 0 Å². The molecule has 0 radical (unpaired) electrons. The Morgan fingerprint density at radius 2 is 1.94 bits per heavy atom. The molecule has 0 aromatic heterocycles. The SMILES string of the molecule is C=CC[C@]1(C(=O)NNCCCN(C)C)N=C(c2ccc(OCCCO)cc2)O[C@H]1c1ccccc1. The van der Waals surface area contributed by atoms with Crippen molar-refractivity contribution in [3.05, 3.63) is 78.4 Å². The third-order valence-corrected chi connectivity index (χ3v) is 5.70. The number of nitrogens with one attached hydrogen (secondary N) is 2. The smallest absolute Gasteiger partial charge is 0.266 e. The van der Waals surface area contributed by atoms with Crippen LogP contribution in [-0.2, 0) is 9.53 Å². The second kappa shape index (κ2) is 13.0. The number of nitrogens with zero attached hydrogens (tertiary/aromatic N) is 2. The monoisotopic (exact) mass is 480 g/mol. The Balaban J connectivity index is 1.85. The summed E-state index contributed by atoms with van der Waals surface area (Å²) < 4.78 is 12.0. The summed E-state index contributed by atoms with van der Waals surface area (Å²) in [5, 5.41) is 8.93. The minimum Gasteiger partial charge on any atom is -0.494 e. The zero-order valence-electron chi connectivity index (χ0n) is 20.6. The molecule has 8 nitrogen and oxygen atoms in total. The first-order valence-corrected chi connectivity index (χ1v) is 11.9. The van der Waals surface area contributed by atoms with Gasteiger partial charge in [-0.05, 0) is 56.9 Å². The van der Waals surface area contributed by atoms with E-state index in [-0.39, 0.29) is 12.5 Å². The highest BCUT2D eigenvalue weighted by molar-refractivity contribution is 6.01. The first kappa shape index (κ1) is 26.4. The summed E-state index contributed by atoms with van der Waals surface area (Å²) in [6, 6.07) is 17.0. The molecular formula is C27H36N4O4. The molecule has 2 atom stereocenters. The molecule has 0 bridgehead atoms. The Kier molecular flexibility index (Phi) is 9.84. The summed E-state index contributed by atoms with van der Waals surface area (Å²) in [6.45, 7) is 5.96. The lowest BCUT2D eigenvalue weighted by molar-refractivity contribution is -0.129. The summed E-state index contributed by atoms with van der Waals surface area (Å²) in [5.74, 6) is 0.817. The lowest BCUT2D eigenvalue weighted by atomic mass is 9.84. The predicted octanol–water partition coefficient (Wildman–Crippen LogP) is 2.85. The number of carbonyl (C=O) groups excluding carboxylic acids is 1. The molecule has 0 saturated carbocycles. The van der Waals surface area contributed by atoms with Gasteiger partial charge in [0.2, 0.25) is 5.90 Å². The van der Waals surface area contributed by atoms with Crippen LogP contribution in [0.3, 0.4) is 0 Å². The van der Waals surface area contributed by atoms with Crippen molar-refractivity contribution < 1.29 is 19.4 Å². The molecule has 2 aromatic rings. The topological polar surface area (TPSA) is 95.4 Å². The van der Waals surface area contributed by atoms with E-state index in [1.54, 1.807) is 6.08 Å². The number of ether oxygens (including phenoxy) is 2. The number of benzene rings is 2. The van der Waals surface area contributed by atoms with Crippen LogP contribution < -0.4 is 15.6 Å². The van der Waals surface area contributed by atoms with E-state index >= 15 is 0 Å². The average Bonchev–Trinajstić information content (AvgIpc) is 3.25. The van der Waals surface area contributed by atoms with E-state index in [1.165, 1.54) is 0 Å². The number of rotatable bonds is 14. The van der Waals surface area contributed by atoms with Gasteiger partial charge in [0.25, 0.3) is 5.91 Å². The molecule has 0 saturated heterocycles. The molecule has 3 N–H and O–H groups in total. The van der Waals surface area contributed by atoms with Crippen LogP contribution in [0.4, 0.5) is 0 Å². The van der Waals surface area contributed by atoms with Crippen LogP contribution >= 0.6 is 0 Å². The van der Waals surface area contributed by atoms with Crippen molar-refractivity contribution >= 4 is 11.8 Å². The number of hydrogen-bond acceptors (Lipinski definition) is 7. The molecular weight excluding hydrogens is 444 g/mol. The molecule has 0 unspecified atom stereocenters. The van der Waals surface area contributed by atoms with E-state index in [0.717, 1.165) is 24.1 Å². The number of aliphatic hydroxyl groups excluding tert-OH is 1. The third-order valence-electron chi connectivity index (χ3n) is 5.70. The average molecular weight is 481 g/mol. The van der Waals surface area contributed by atoms with Crippen molar-refractivity contribution in [2.45, 2.75) is 30.9 Å². The lowest BCUT2D eigenvalue weighted by Crippen LogP contribution is -2.52. The largest absolute Gasteiger partial charge is 0.494 e. The van der Waals surface area contributed by atoms with Crippen LogP contribution in [0.2, 0.25) is 0 Å². The highest BCUT2D eigenvalue weighted by Gasteiger charge is 2.52. The van der Waals surface area contributed by atoms with Crippen LogP contribution in [-0.4, -0.2) is 67.7 Å². The van der Waals surface area contributed by atoms with Gasteiger partial charge in [-0.15, -0.1) is 6.58 Å². The van der Waals surface area contributed by atoms with Crippen molar-refractivity contribution in [2.24, 2.45) is 4.99 Å². The molecule has 0 spiro atoms. The highest BCUT2D eigenvalue weighted by atomic mass is 16.5. The summed E-state index contributed by atoms with van der Waals surface area (Å²) >= 11 is 0. The normalized spacial score (nSPS) is 19.2. The third kappa shape index (κ3) is 6.91. The maximum Gasteiger partial charge on any atom is 0.266 e. The van der Waals surface area contributed by atoms with Gasteiger partial charge in [-0.1, -0.05) is 36.4 Å². The number of hydrazine groups is 1. The van der Waals surface area contributed by atoms with Gasteiger partial charge in [-0.3, -0.25) is 10.2 Å². The highest BCUT2D eigenvalue weighted by Crippen LogP contribution is 2.42. The van der Waals surface area contributed by atoms with Gasteiger partial charge < -0.3 is 19.5 Å². The number of amides is 1. The van der Waals surface area contributed by atoms with Crippen molar-refractivity contribution in [1.29, 1.82) is 0 Å². The maximum atomic E-state index is 13.6. The molecule has 188 valence electrons. The van der Waals surface area contributed by atoms with Crippen molar-refractivity contribution in [1.82, 2.24) is 15.8 Å². The van der Waals surface area contributed by atoms with E-state index < -0.39 is 11.6 Å². The number of carbonyl (C=O) groups is 1. The molecule has 1 heterocycles. The van der Waals surface area contributed by atoms with Crippen LogP contribution in [0, 0.1) is 0 Å². The Morgan fingerprint density at radius 1 is 1.20 bits per heavy atom. The molecule has 8 heteroatoms. The van der Waals surface area contributed by atoms with Gasteiger partial charge in [0, 0.05) is 31.6 Å². The van der Waals surface area contributed by atoms with Gasteiger partial charge in [-0.2, -0.15) is 0 Å². The summed E-state index contributed by atoms with van der Waals surface area (Å²) in [6.07, 6.45) is 2.86. The minimum atomic E-state index is -1.21. The fourth-order valence-electron chi connectivity index (χ4n) is 3.90. The van der Waals surface area contributed by atoms with Gasteiger partial charge in [0.15, 0.2) is 11.6 Å². The second-order valence-electron chi connectivity index (χ2n) is 8.73. The Hall–Kier alpha value is -3.20. The fourth-order valence-corrected chi connectivity index (χ4v) is 3.90. The molecule has 1 aliphatic heterocycles. The van der Waals surface area contributed by atoms with Crippen LogP contribution in [0.1, 0.15) is 36.5 Å². The van der Waals surface area contributed by atoms with Crippen LogP contribution in [0.15, 0.2) is 72.2 Å². The number of aliphatic hydroxyl groups is 1. The van der Waals surface area contributed by atoms with Gasteiger partial charge in [-0.25, -0.2) is 10.4 Å². The predicted molar refractivity (Wildman–Crippen MR) is 137 cm³/mol. The zero-order valence-corrected chi connectivity index (χ0v) is 20.6. The first-order chi connectivity index (χ1) is 17.0. The van der Waals surface area contributed by atoms with Crippen molar-refractivity contribution in [3.8, 4) is 5.75 Å². The molecule has 0 fully saturated rings. The van der Waals surface area contributed by atoms with E-state index in [4.69, 9.17) is 19.6 Å². The Bertz CT molecular complexity index is 978. The van der Waals surface area contributed by atoms with E-state index in [1.807, 2.05) is 68.7 Å².